The van der Waals surface area contributed by atoms with Crippen LogP contribution >= 0.6 is 0 Å². The van der Waals surface area contributed by atoms with E-state index in [9.17, 15) is 13.0 Å². The van der Waals surface area contributed by atoms with E-state index in [1.165, 1.54) is 38.5 Å². The van der Waals surface area contributed by atoms with Crippen LogP contribution in [-0.4, -0.2) is 17.7 Å². The molecular formula is C15H32O3S. The highest BCUT2D eigenvalue weighted by atomic mass is 32.2. The van der Waals surface area contributed by atoms with Gasteiger partial charge in [-0.15, -0.1) is 0 Å². The highest BCUT2D eigenvalue weighted by Gasteiger charge is 2.37. The van der Waals surface area contributed by atoms with Crippen molar-refractivity contribution in [3.8, 4) is 0 Å². The molecule has 0 radical (unpaired) electrons. The van der Waals surface area contributed by atoms with Crippen LogP contribution < -0.4 is 0 Å². The van der Waals surface area contributed by atoms with E-state index < -0.39 is 14.9 Å². The second-order valence-electron chi connectivity index (χ2n) is 6.24. The number of hydrogen-bond donors (Lipinski definition) is 1. The van der Waals surface area contributed by atoms with Crippen LogP contribution in [0.1, 0.15) is 85.5 Å². The summed E-state index contributed by atoms with van der Waals surface area (Å²) >= 11 is 0. The van der Waals surface area contributed by atoms with Crippen molar-refractivity contribution in [3.05, 3.63) is 0 Å². The van der Waals surface area contributed by atoms with Crippen LogP contribution in [-0.2, 0) is 10.1 Å². The highest BCUT2D eigenvalue weighted by molar-refractivity contribution is 7.87. The predicted molar refractivity (Wildman–Crippen MR) is 82.0 cm³/mol. The number of hydrogen-bond acceptors (Lipinski definition) is 2. The van der Waals surface area contributed by atoms with Crippen molar-refractivity contribution in [1.29, 1.82) is 0 Å². The first-order valence-electron chi connectivity index (χ1n) is 7.70. The van der Waals surface area contributed by atoms with Gasteiger partial charge in [0.2, 0.25) is 0 Å². The minimum atomic E-state index is -3.96. The van der Waals surface area contributed by atoms with Crippen LogP contribution in [0.15, 0.2) is 0 Å². The molecule has 1 atom stereocenters. The second-order valence-corrected chi connectivity index (χ2v) is 8.25. The van der Waals surface area contributed by atoms with Gasteiger partial charge in [-0.05, 0) is 26.2 Å². The van der Waals surface area contributed by atoms with Crippen LogP contribution in [0.3, 0.4) is 0 Å². The average Bonchev–Trinajstić information content (AvgIpc) is 2.30. The summed E-state index contributed by atoms with van der Waals surface area (Å²) < 4.78 is 30.7. The minimum absolute atomic E-state index is 0.0115. The average molecular weight is 292 g/mol. The summed E-state index contributed by atoms with van der Waals surface area (Å²) in [5.74, 6) is -0.0115. The molecule has 0 heterocycles. The molecule has 116 valence electrons. The zero-order valence-corrected chi connectivity index (χ0v) is 13.9. The monoisotopic (exact) mass is 292 g/mol. The molecule has 0 aromatic heterocycles. The zero-order valence-electron chi connectivity index (χ0n) is 13.1. The third-order valence-corrected chi connectivity index (χ3v) is 6.07. The van der Waals surface area contributed by atoms with Crippen LogP contribution in [0.4, 0.5) is 0 Å². The summed E-state index contributed by atoms with van der Waals surface area (Å²) in [6.07, 6.45) is 10.9. The lowest BCUT2D eigenvalue weighted by Crippen LogP contribution is -2.38. The lowest BCUT2D eigenvalue weighted by atomic mass is 9.91. The Labute approximate surface area is 119 Å². The molecule has 4 heteroatoms. The van der Waals surface area contributed by atoms with Crippen molar-refractivity contribution in [2.45, 2.75) is 90.2 Å². The first-order valence-corrected chi connectivity index (χ1v) is 9.14. The van der Waals surface area contributed by atoms with Gasteiger partial charge in [0.1, 0.15) is 0 Å². The molecule has 0 bridgehead atoms. The van der Waals surface area contributed by atoms with Gasteiger partial charge in [-0.2, -0.15) is 8.42 Å². The fourth-order valence-corrected chi connectivity index (χ4v) is 2.81. The molecule has 0 aliphatic carbocycles. The van der Waals surface area contributed by atoms with Crippen LogP contribution in [0.5, 0.6) is 0 Å². The van der Waals surface area contributed by atoms with Gasteiger partial charge in [0.25, 0.3) is 10.1 Å². The van der Waals surface area contributed by atoms with Gasteiger partial charge in [-0.25, -0.2) is 0 Å². The Bertz CT molecular complexity index is 320. The van der Waals surface area contributed by atoms with Gasteiger partial charge in [0.15, 0.2) is 0 Å². The molecule has 0 aromatic rings. The predicted octanol–water partition coefficient (Wildman–Crippen LogP) is 4.82. The van der Waals surface area contributed by atoms with Crippen molar-refractivity contribution in [3.63, 3.8) is 0 Å². The maximum Gasteiger partial charge on any atom is 0.270 e. The van der Waals surface area contributed by atoms with E-state index in [0.717, 1.165) is 19.3 Å². The highest BCUT2D eigenvalue weighted by Crippen LogP contribution is 2.29. The maximum absolute atomic E-state index is 11.3. The standard InChI is InChI=1S/C15H32O3S/c1-5-6-7-8-9-10-11-12-13-14(2)15(3,4)19(16,17)18/h14H,5-13H2,1-4H3,(H,16,17,18). The van der Waals surface area contributed by atoms with Crippen molar-refractivity contribution < 1.29 is 13.0 Å². The second kappa shape index (κ2) is 8.96. The van der Waals surface area contributed by atoms with Gasteiger partial charge in [0.05, 0.1) is 4.75 Å². The first kappa shape index (κ1) is 18.9. The Balaban J connectivity index is 3.73. The van der Waals surface area contributed by atoms with Crippen LogP contribution in [0.2, 0.25) is 0 Å². The lowest BCUT2D eigenvalue weighted by Gasteiger charge is -2.28. The fraction of sp³-hybridized carbons (Fsp3) is 1.00. The first-order chi connectivity index (χ1) is 8.73. The normalized spacial score (nSPS) is 14.6. The molecule has 19 heavy (non-hydrogen) atoms. The van der Waals surface area contributed by atoms with Gasteiger partial charge < -0.3 is 0 Å². The Kier molecular flexibility index (Phi) is 8.92. The van der Waals surface area contributed by atoms with Crippen molar-refractivity contribution in [2.75, 3.05) is 0 Å². The van der Waals surface area contributed by atoms with Gasteiger partial charge in [-0.1, -0.05) is 65.2 Å². The molecule has 0 rings (SSSR count). The lowest BCUT2D eigenvalue weighted by molar-refractivity contribution is 0.351. The van der Waals surface area contributed by atoms with E-state index >= 15 is 0 Å². The topological polar surface area (TPSA) is 54.4 Å². The quantitative estimate of drug-likeness (QED) is 0.439. The van der Waals surface area contributed by atoms with Gasteiger partial charge in [0, 0.05) is 0 Å². The summed E-state index contributed by atoms with van der Waals surface area (Å²) in [6.45, 7) is 7.35. The fourth-order valence-electron chi connectivity index (χ4n) is 2.19. The van der Waals surface area contributed by atoms with E-state index in [-0.39, 0.29) is 5.92 Å². The van der Waals surface area contributed by atoms with E-state index in [2.05, 4.69) is 6.92 Å². The van der Waals surface area contributed by atoms with Crippen molar-refractivity contribution in [1.82, 2.24) is 0 Å². The molecule has 1 N–H and O–H groups in total. The SMILES string of the molecule is CCCCCCCCCCC(C)C(C)(C)S(=O)(=O)O. The van der Waals surface area contributed by atoms with Crippen molar-refractivity contribution >= 4 is 10.1 Å². The summed E-state index contributed by atoms with van der Waals surface area (Å²) in [7, 11) is -3.96. The Hall–Kier alpha value is -0.0900. The molecule has 0 fully saturated rings. The maximum atomic E-state index is 11.3. The molecule has 3 nitrogen and oxygen atoms in total. The van der Waals surface area contributed by atoms with E-state index in [0.29, 0.717) is 0 Å². The van der Waals surface area contributed by atoms with E-state index in [4.69, 9.17) is 0 Å². The van der Waals surface area contributed by atoms with Gasteiger partial charge >= 0.3 is 0 Å². The molecule has 1 unspecified atom stereocenters. The molecule has 0 amide bonds. The summed E-state index contributed by atoms with van der Waals surface area (Å²) in [4.78, 5) is 0. The van der Waals surface area contributed by atoms with Gasteiger partial charge in [-0.3, -0.25) is 4.55 Å². The largest absolute Gasteiger partial charge is 0.285 e. The summed E-state index contributed by atoms with van der Waals surface area (Å²) in [6, 6.07) is 0. The smallest absolute Gasteiger partial charge is 0.270 e. The number of unbranched alkanes of at least 4 members (excludes halogenated alkanes) is 7. The van der Waals surface area contributed by atoms with E-state index in [1.54, 1.807) is 13.8 Å². The van der Waals surface area contributed by atoms with Crippen LogP contribution in [0.25, 0.3) is 0 Å². The summed E-state index contributed by atoms with van der Waals surface area (Å²) in [5.41, 5.74) is 0. The molecule has 0 spiro atoms. The zero-order chi connectivity index (χ0) is 14.9. The van der Waals surface area contributed by atoms with Crippen LogP contribution in [0, 0.1) is 5.92 Å². The third-order valence-electron chi connectivity index (χ3n) is 4.34. The van der Waals surface area contributed by atoms with Crippen molar-refractivity contribution in [2.24, 2.45) is 5.92 Å². The Morgan fingerprint density at radius 2 is 1.37 bits per heavy atom. The Morgan fingerprint density at radius 1 is 0.947 bits per heavy atom. The Morgan fingerprint density at radius 3 is 1.79 bits per heavy atom. The number of rotatable bonds is 11. The van der Waals surface area contributed by atoms with E-state index in [1.807, 2.05) is 6.92 Å². The molecule has 0 aliphatic rings. The summed E-state index contributed by atoms with van der Waals surface area (Å²) in [5, 5.41) is 0. The molecule has 0 aromatic carbocycles. The molecule has 0 saturated heterocycles. The molecule has 0 aliphatic heterocycles. The minimum Gasteiger partial charge on any atom is -0.285 e. The molecular weight excluding hydrogens is 260 g/mol. The third kappa shape index (κ3) is 7.31. The molecule has 0 saturated carbocycles.